The summed E-state index contributed by atoms with van der Waals surface area (Å²) in [4.78, 5) is 12.0. The van der Waals surface area contributed by atoms with Gasteiger partial charge in [0, 0.05) is 17.3 Å². The Morgan fingerprint density at radius 3 is 2.79 bits per heavy atom. The highest BCUT2D eigenvalue weighted by Crippen LogP contribution is 2.26. The zero-order valence-corrected chi connectivity index (χ0v) is 15.2. The fourth-order valence-corrected chi connectivity index (χ4v) is 3.77. The SMILES string of the molecule is CCOc1c(C)cnc(C[S@@](=O)c2nc3ccc(C)cc3[nH]2)c1C. The summed E-state index contributed by atoms with van der Waals surface area (Å²) in [6.07, 6.45) is 1.77. The number of ether oxygens (including phenoxy) is 1. The number of pyridine rings is 1. The highest BCUT2D eigenvalue weighted by Gasteiger charge is 2.16. The Morgan fingerprint density at radius 1 is 1.25 bits per heavy atom. The molecule has 2 aromatic heterocycles. The van der Waals surface area contributed by atoms with Gasteiger partial charge in [-0.1, -0.05) is 6.07 Å². The van der Waals surface area contributed by atoms with E-state index < -0.39 is 10.8 Å². The molecule has 0 saturated carbocycles. The van der Waals surface area contributed by atoms with Crippen LogP contribution in [0.1, 0.15) is 29.3 Å². The molecule has 0 amide bonds. The Balaban J connectivity index is 1.89. The van der Waals surface area contributed by atoms with E-state index in [1.54, 1.807) is 6.20 Å². The third kappa shape index (κ3) is 3.19. The van der Waals surface area contributed by atoms with Crippen molar-refractivity contribution < 1.29 is 8.95 Å². The molecule has 0 bridgehead atoms. The highest BCUT2D eigenvalue weighted by atomic mass is 32.2. The largest absolute Gasteiger partial charge is 0.493 e. The lowest BCUT2D eigenvalue weighted by Crippen LogP contribution is -2.06. The predicted octanol–water partition coefficient (Wildman–Crippen LogP) is 3.59. The Bertz CT molecular complexity index is 918. The lowest BCUT2D eigenvalue weighted by Gasteiger charge is -2.13. The Labute approximate surface area is 143 Å². The molecular formula is C18H21N3O2S. The second kappa shape index (κ2) is 6.73. The molecule has 3 rings (SSSR count). The number of aromatic nitrogens is 3. The molecule has 2 heterocycles. The molecule has 6 heteroatoms. The molecule has 0 unspecified atom stereocenters. The minimum Gasteiger partial charge on any atom is -0.493 e. The molecule has 126 valence electrons. The smallest absolute Gasteiger partial charge is 0.197 e. The van der Waals surface area contributed by atoms with Crippen molar-refractivity contribution in [2.75, 3.05) is 6.61 Å². The van der Waals surface area contributed by atoms with E-state index in [0.717, 1.165) is 39.2 Å². The van der Waals surface area contributed by atoms with E-state index in [9.17, 15) is 4.21 Å². The van der Waals surface area contributed by atoms with E-state index in [1.807, 2.05) is 45.9 Å². The minimum absolute atomic E-state index is 0.311. The molecule has 1 N–H and O–H groups in total. The summed E-state index contributed by atoms with van der Waals surface area (Å²) in [5.41, 5.74) is 5.58. The van der Waals surface area contributed by atoms with Crippen LogP contribution >= 0.6 is 0 Å². The fraction of sp³-hybridized carbons (Fsp3) is 0.333. The number of nitrogens with zero attached hydrogens (tertiary/aromatic N) is 2. The van der Waals surface area contributed by atoms with Crippen molar-refractivity contribution in [1.82, 2.24) is 15.0 Å². The lowest BCUT2D eigenvalue weighted by molar-refractivity contribution is 0.334. The molecule has 1 aromatic carbocycles. The van der Waals surface area contributed by atoms with Crippen LogP contribution in [-0.2, 0) is 16.6 Å². The number of aromatic amines is 1. The monoisotopic (exact) mass is 343 g/mol. The van der Waals surface area contributed by atoms with E-state index in [0.29, 0.717) is 17.5 Å². The van der Waals surface area contributed by atoms with Gasteiger partial charge in [-0.05, 0) is 45.4 Å². The molecule has 3 aromatic rings. The van der Waals surface area contributed by atoms with E-state index in [1.165, 1.54) is 0 Å². The van der Waals surface area contributed by atoms with Gasteiger partial charge in [-0.15, -0.1) is 0 Å². The second-order valence-electron chi connectivity index (χ2n) is 5.83. The normalized spacial score (nSPS) is 12.5. The number of hydrogen-bond donors (Lipinski definition) is 1. The van der Waals surface area contributed by atoms with Crippen molar-refractivity contribution in [2.45, 2.75) is 38.6 Å². The highest BCUT2D eigenvalue weighted by molar-refractivity contribution is 7.84. The van der Waals surface area contributed by atoms with Gasteiger partial charge in [0.15, 0.2) is 5.16 Å². The molecule has 0 aliphatic heterocycles. The molecule has 24 heavy (non-hydrogen) atoms. The van der Waals surface area contributed by atoms with Gasteiger partial charge in [-0.3, -0.25) is 9.19 Å². The summed E-state index contributed by atoms with van der Waals surface area (Å²) in [7, 11) is -1.29. The number of rotatable bonds is 5. The zero-order valence-electron chi connectivity index (χ0n) is 14.3. The molecule has 0 fully saturated rings. The van der Waals surface area contributed by atoms with Crippen molar-refractivity contribution in [3.05, 3.63) is 46.8 Å². The van der Waals surface area contributed by atoms with Crippen molar-refractivity contribution in [3.8, 4) is 5.75 Å². The number of benzene rings is 1. The first-order valence-corrected chi connectivity index (χ1v) is 9.24. The van der Waals surface area contributed by atoms with Gasteiger partial charge < -0.3 is 9.72 Å². The van der Waals surface area contributed by atoms with Crippen LogP contribution in [0.3, 0.4) is 0 Å². The number of fused-ring (bicyclic) bond motifs is 1. The summed E-state index contributed by atoms with van der Waals surface area (Å²) in [6.45, 7) is 8.49. The number of nitrogens with one attached hydrogen (secondary N) is 1. The van der Waals surface area contributed by atoms with Crippen LogP contribution in [0.25, 0.3) is 11.0 Å². The summed E-state index contributed by atoms with van der Waals surface area (Å²) in [6, 6.07) is 5.94. The first-order chi connectivity index (χ1) is 11.5. The van der Waals surface area contributed by atoms with Crippen LogP contribution in [0.5, 0.6) is 5.75 Å². The third-order valence-electron chi connectivity index (χ3n) is 3.93. The average molecular weight is 343 g/mol. The summed E-state index contributed by atoms with van der Waals surface area (Å²) >= 11 is 0. The standard InChI is InChI=1S/C18H21N3O2S/c1-5-23-17-12(3)9-19-16(13(17)4)10-24(22)18-20-14-7-6-11(2)8-15(14)21-18/h6-9H,5,10H2,1-4H3,(H,20,21)/t24-/m1/s1. The van der Waals surface area contributed by atoms with Crippen molar-refractivity contribution in [2.24, 2.45) is 0 Å². The molecule has 0 radical (unpaired) electrons. The molecule has 5 nitrogen and oxygen atoms in total. The van der Waals surface area contributed by atoms with Crippen LogP contribution < -0.4 is 4.74 Å². The maximum absolute atomic E-state index is 12.7. The Hall–Kier alpha value is -2.21. The number of H-pyrrole nitrogens is 1. The lowest BCUT2D eigenvalue weighted by atomic mass is 10.1. The first kappa shape index (κ1) is 16.6. The molecular weight excluding hydrogens is 322 g/mol. The number of aryl methyl sites for hydroxylation is 2. The van der Waals surface area contributed by atoms with E-state index >= 15 is 0 Å². The third-order valence-corrected chi connectivity index (χ3v) is 5.09. The summed E-state index contributed by atoms with van der Waals surface area (Å²) in [5.74, 6) is 1.14. The number of hydrogen-bond acceptors (Lipinski definition) is 4. The van der Waals surface area contributed by atoms with Crippen molar-refractivity contribution in [1.29, 1.82) is 0 Å². The quantitative estimate of drug-likeness (QED) is 0.769. The molecule has 0 spiro atoms. The zero-order chi connectivity index (χ0) is 17.3. The van der Waals surface area contributed by atoms with Crippen LogP contribution in [0, 0.1) is 20.8 Å². The van der Waals surface area contributed by atoms with Gasteiger partial charge in [-0.25, -0.2) is 4.98 Å². The van der Waals surface area contributed by atoms with Crippen LogP contribution in [0.4, 0.5) is 0 Å². The maximum Gasteiger partial charge on any atom is 0.197 e. The van der Waals surface area contributed by atoms with Gasteiger partial charge in [0.1, 0.15) is 5.75 Å². The Morgan fingerprint density at radius 2 is 2.04 bits per heavy atom. The number of imidazole rings is 1. The van der Waals surface area contributed by atoms with Gasteiger partial charge in [-0.2, -0.15) is 0 Å². The van der Waals surface area contributed by atoms with Crippen molar-refractivity contribution >= 4 is 21.8 Å². The maximum atomic E-state index is 12.7. The van der Waals surface area contributed by atoms with Crippen LogP contribution in [0.2, 0.25) is 0 Å². The second-order valence-corrected chi connectivity index (χ2v) is 7.19. The van der Waals surface area contributed by atoms with Gasteiger partial charge in [0.05, 0.1) is 39.9 Å². The summed E-state index contributed by atoms with van der Waals surface area (Å²) < 4.78 is 18.4. The van der Waals surface area contributed by atoms with Crippen LogP contribution in [-0.4, -0.2) is 25.8 Å². The fourth-order valence-electron chi connectivity index (χ4n) is 2.67. The molecule has 0 saturated heterocycles. The Kier molecular flexibility index (Phi) is 4.66. The predicted molar refractivity (Wildman–Crippen MR) is 95.8 cm³/mol. The first-order valence-electron chi connectivity index (χ1n) is 7.92. The molecule has 0 aliphatic carbocycles. The van der Waals surface area contributed by atoms with Gasteiger partial charge in [0.2, 0.25) is 0 Å². The van der Waals surface area contributed by atoms with Crippen LogP contribution in [0.15, 0.2) is 29.6 Å². The van der Waals surface area contributed by atoms with E-state index in [2.05, 4.69) is 15.0 Å². The average Bonchev–Trinajstić information content (AvgIpc) is 2.97. The van der Waals surface area contributed by atoms with E-state index in [-0.39, 0.29) is 0 Å². The van der Waals surface area contributed by atoms with E-state index in [4.69, 9.17) is 4.74 Å². The molecule has 1 atom stereocenters. The van der Waals surface area contributed by atoms with Gasteiger partial charge >= 0.3 is 0 Å². The molecule has 0 aliphatic rings. The topological polar surface area (TPSA) is 67.9 Å². The van der Waals surface area contributed by atoms with Crippen molar-refractivity contribution in [3.63, 3.8) is 0 Å². The minimum atomic E-state index is -1.29. The van der Waals surface area contributed by atoms with Gasteiger partial charge in [0.25, 0.3) is 0 Å². The summed E-state index contributed by atoms with van der Waals surface area (Å²) in [5, 5.41) is 0.482.